The lowest BCUT2D eigenvalue weighted by molar-refractivity contribution is -0.429. The van der Waals surface area contributed by atoms with Gasteiger partial charge in [0.05, 0.1) is 42.6 Å². The third-order valence-corrected chi connectivity index (χ3v) is 10.1. The molecular weight excluding hydrogens is 642 g/mol. The normalized spacial score (nSPS) is 27.3. The van der Waals surface area contributed by atoms with Crippen LogP contribution >= 0.6 is 23.2 Å². The Bertz CT molecular complexity index is 1650. The molecule has 3 N–H and O–H groups in total. The van der Waals surface area contributed by atoms with Crippen LogP contribution in [0.4, 0.5) is 15.8 Å². The van der Waals surface area contributed by atoms with Gasteiger partial charge in [0, 0.05) is 64.8 Å². The van der Waals surface area contributed by atoms with E-state index < -0.39 is 40.1 Å². The van der Waals surface area contributed by atoms with Crippen molar-refractivity contribution < 1.29 is 33.5 Å². The fourth-order valence-corrected chi connectivity index (χ4v) is 7.77. The maximum atomic E-state index is 16.4. The fourth-order valence-electron chi connectivity index (χ4n) is 7.43. The van der Waals surface area contributed by atoms with Crippen molar-refractivity contribution >= 4 is 46.5 Å². The number of nitro groups is 1. The molecule has 0 bridgehead atoms. The first kappa shape index (κ1) is 32.4. The van der Waals surface area contributed by atoms with Gasteiger partial charge >= 0.3 is 5.97 Å². The molecule has 1 amide bonds. The van der Waals surface area contributed by atoms with E-state index in [1.54, 1.807) is 30.3 Å². The highest BCUT2D eigenvalue weighted by Crippen LogP contribution is 2.59. The number of likely N-dealkylation sites (tertiary alicyclic amines) is 1. The first-order chi connectivity index (χ1) is 22.1. The smallest absolute Gasteiger partial charge is 0.313 e. The van der Waals surface area contributed by atoms with E-state index in [2.05, 4.69) is 10.6 Å². The average molecular weight is 676 g/mol. The van der Waals surface area contributed by atoms with Crippen LogP contribution in [0.2, 0.25) is 10.0 Å². The van der Waals surface area contributed by atoms with Crippen LogP contribution in [0, 0.1) is 27.8 Å². The predicted octanol–water partition coefficient (Wildman–Crippen LogP) is 4.86. The molecule has 2 aromatic rings. The molecule has 244 valence electrons. The highest BCUT2D eigenvalue weighted by Gasteiger charge is 2.64. The number of hydrogen-bond donors (Lipinski definition) is 3. The van der Waals surface area contributed by atoms with Crippen LogP contribution < -0.4 is 10.6 Å². The van der Waals surface area contributed by atoms with E-state index in [-0.39, 0.29) is 54.1 Å². The van der Waals surface area contributed by atoms with Crippen LogP contribution in [-0.4, -0.2) is 72.9 Å². The summed E-state index contributed by atoms with van der Waals surface area (Å²) in [6, 6.07) is 7.55. The van der Waals surface area contributed by atoms with Gasteiger partial charge in [-0.15, -0.1) is 0 Å². The predicted molar refractivity (Wildman–Crippen MR) is 169 cm³/mol. The molecule has 3 aliphatic heterocycles. The number of methoxy groups -OCH3 is 1. The van der Waals surface area contributed by atoms with Gasteiger partial charge in [-0.2, -0.15) is 0 Å². The molecule has 14 heteroatoms. The van der Waals surface area contributed by atoms with Crippen LogP contribution in [0.3, 0.4) is 0 Å². The number of nitrogens with zero attached hydrogens (tertiary/aromatic N) is 2. The molecule has 2 aromatic carbocycles. The number of rotatable bonds is 9. The molecule has 1 spiro atoms. The number of amides is 1. The van der Waals surface area contributed by atoms with Crippen molar-refractivity contribution in [2.24, 2.45) is 11.8 Å². The average Bonchev–Trinajstić information content (AvgIpc) is 3.75. The third-order valence-electron chi connectivity index (χ3n) is 9.57. The van der Waals surface area contributed by atoms with Crippen molar-refractivity contribution in [1.82, 2.24) is 4.90 Å². The quantitative estimate of drug-likeness (QED) is 0.193. The molecule has 4 aliphatic rings. The molecule has 6 rings (SSSR count). The number of hydrogen-bond acceptors (Lipinski definition) is 9. The van der Waals surface area contributed by atoms with E-state index in [1.165, 1.54) is 19.3 Å². The zero-order valence-electron chi connectivity index (χ0n) is 24.9. The summed E-state index contributed by atoms with van der Waals surface area (Å²) < 4.78 is 26.8. The summed E-state index contributed by atoms with van der Waals surface area (Å²) in [5.74, 6) is -3.23. The van der Waals surface area contributed by atoms with E-state index >= 15 is 4.39 Å². The van der Waals surface area contributed by atoms with E-state index in [4.69, 9.17) is 32.7 Å². The molecule has 0 radical (unpaired) electrons. The summed E-state index contributed by atoms with van der Waals surface area (Å²) in [6.07, 6.45) is 3.89. The second-order valence-corrected chi connectivity index (χ2v) is 12.9. The number of ether oxygens (including phenoxy) is 2. The molecule has 3 heterocycles. The topological polar surface area (TPSA) is 143 Å². The Morgan fingerprint density at radius 1 is 1.33 bits per heavy atom. The van der Waals surface area contributed by atoms with E-state index in [0.29, 0.717) is 47.3 Å². The zero-order chi connectivity index (χ0) is 32.7. The lowest BCUT2D eigenvalue weighted by Crippen LogP contribution is -2.54. The molecule has 1 aliphatic carbocycles. The molecule has 2 saturated heterocycles. The van der Waals surface area contributed by atoms with Crippen LogP contribution in [0.25, 0.3) is 0 Å². The van der Waals surface area contributed by atoms with Crippen LogP contribution in [0.1, 0.15) is 36.3 Å². The molecule has 2 fully saturated rings. The number of allylic oxidation sites excluding steroid dienone is 1. The van der Waals surface area contributed by atoms with Crippen molar-refractivity contribution in [2.45, 2.75) is 36.8 Å². The minimum atomic E-state index is -1.43. The lowest BCUT2D eigenvalue weighted by Gasteiger charge is -2.41. The molecule has 0 aromatic heterocycles. The van der Waals surface area contributed by atoms with Gasteiger partial charge in [0.15, 0.2) is 0 Å². The number of fused-ring (bicyclic) bond motifs is 2. The first-order valence-corrected chi connectivity index (χ1v) is 15.8. The molecule has 5 unspecified atom stereocenters. The van der Waals surface area contributed by atoms with Gasteiger partial charge in [-0.1, -0.05) is 41.4 Å². The Balaban J connectivity index is 1.44. The molecule has 46 heavy (non-hydrogen) atoms. The van der Waals surface area contributed by atoms with Gasteiger partial charge < -0.3 is 25.2 Å². The summed E-state index contributed by atoms with van der Waals surface area (Å²) in [6.45, 7) is 1.16. The second kappa shape index (κ2) is 12.9. The Morgan fingerprint density at radius 3 is 2.83 bits per heavy atom. The van der Waals surface area contributed by atoms with Crippen LogP contribution in [-0.2, 0) is 24.6 Å². The number of nitrogens with one attached hydrogen (secondary N) is 2. The largest absolute Gasteiger partial charge is 0.469 e. The summed E-state index contributed by atoms with van der Waals surface area (Å²) in [7, 11) is 1.22. The standard InChI is InChI=1S/C32H33Cl2FN4O7/c1-45-30(41)18-2-3-19(27(10-18)39(43)44)13-36-25-7-6-24(34)29(35)28(25)23-12-21(15-40)38(14-17-8-9-46-16-17)32(23)22-5-4-20(33)11-26(22)37-31(32)42/h2-7,11,17-18,21,23,36,40H,8-10,12-16H2,1H3,(H,37,42). The fraction of sp³-hybridized carbons (Fsp3) is 0.438. The van der Waals surface area contributed by atoms with Crippen LogP contribution in [0.5, 0.6) is 0 Å². The maximum Gasteiger partial charge on any atom is 0.313 e. The van der Waals surface area contributed by atoms with Crippen molar-refractivity contribution in [3.05, 3.63) is 90.9 Å². The minimum Gasteiger partial charge on any atom is -0.469 e. The van der Waals surface area contributed by atoms with Gasteiger partial charge in [0.25, 0.3) is 5.70 Å². The highest BCUT2D eigenvalue weighted by molar-refractivity contribution is 6.31. The number of aliphatic hydroxyl groups excluding tert-OH is 1. The maximum absolute atomic E-state index is 16.4. The number of aliphatic hydroxyl groups is 1. The number of benzene rings is 2. The molecule has 11 nitrogen and oxygen atoms in total. The number of esters is 1. The second-order valence-electron chi connectivity index (χ2n) is 12.0. The SMILES string of the molecule is COC(=O)C1C=CC(CNc2ccc(Cl)c(F)c2C2CC(CO)N(CC3CCOC3)C23C(=O)Nc2cc(Cl)ccc23)=C([N+](=O)[O-])C1. The van der Waals surface area contributed by atoms with Gasteiger partial charge in [-0.3, -0.25) is 24.6 Å². The highest BCUT2D eigenvalue weighted by atomic mass is 35.5. The summed E-state index contributed by atoms with van der Waals surface area (Å²) in [5, 5.41) is 29.0. The summed E-state index contributed by atoms with van der Waals surface area (Å²) in [4.78, 5) is 39.8. The summed E-state index contributed by atoms with van der Waals surface area (Å²) >= 11 is 12.7. The van der Waals surface area contributed by atoms with Crippen molar-refractivity contribution in [1.29, 1.82) is 0 Å². The number of anilines is 2. The van der Waals surface area contributed by atoms with E-state index in [1.807, 2.05) is 4.90 Å². The molecular formula is C32H33Cl2FN4O7. The zero-order valence-corrected chi connectivity index (χ0v) is 26.4. The number of carbonyl (C=O) groups is 2. The first-order valence-electron chi connectivity index (χ1n) is 15.0. The molecule has 0 saturated carbocycles. The van der Waals surface area contributed by atoms with Crippen LogP contribution in [0.15, 0.2) is 53.8 Å². The number of halogens is 3. The third kappa shape index (κ3) is 5.45. The Morgan fingerprint density at radius 2 is 2.13 bits per heavy atom. The van der Waals surface area contributed by atoms with E-state index in [9.17, 15) is 24.8 Å². The Labute approximate surface area is 274 Å². The van der Waals surface area contributed by atoms with E-state index in [0.717, 1.165) is 6.42 Å². The van der Waals surface area contributed by atoms with Crippen molar-refractivity contribution in [3.8, 4) is 0 Å². The van der Waals surface area contributed by atoms with Gasteiger partial charge in [0.1, 0.15) is 11.4 Å². The van der Waals surface area contributed by atoms with Gasteiger partial charge in [-0.05, 0) is 43.0 Å². The monoisotopic (exact) mass is 674 g/mol. The molecule has 5 atom stereocenters. The van der Waals surface area contributed by atoms with Crippen molar-refractivity contribution in [3.63, 3.8) is 0 Å². The van der Waals surface area contributed by atoms with Crippen molar-refractivity contribution in [2.75, 3.05) is 50.7 Å². The number of carbonyl (C=O) groups excluding carboxylic acids is 2. The van der Waals surface area contributed by atoms with Gasteiger partial charge in [0.2, 0.25) is 5.91 Å². The lowest BCUT2D eigenvalue weighted by atomic mass is 9.74. The van der Waals surface area contributed by atoms with Gasteiger partial charge in [-0.25, -0.2) is 4.39 Å². The minimum absolute atomic E-state index is 0.0700. The summed E-state index contributed by atoms with van der Waals surface area (Å²) in [5.41, 5.74) is 0.245. The Hall–Kier alpha value is -3.55. The Kier molecular flexibility index (Phi) is 9.10.